The molecule has 0 saturated carbocycles. The molecule has 0 N–H and O–H groups in total. The average molecular weight is 185 g/mol. The van der Waals surface area contributed by atoms with E-state index in [1.807, 2.05) is 6.92 Å². The Kier molecular flexibility index (Phi) is 3.69. The molecule has 0 saturated heterocycles. The fraction of sp³-hybridized carbons (Fsp3) is 0.667. The summed E-state index contributed by atoms with van der Waals surface area (Å²) in [7, 11) is 0. The Labute approximate surface area is 77.6 Å². The maximum Gasteiger partial charge on any atom is 0.0953 e. The minimum Gasteiger partial charge on any atom is -0.381 e. The number of aromatic nitrogens is 1. The molecule has 0 aromatic carbocycles. The van der Waals surface area contributed by atoms with E-state index in [1.54, 1.807) is 11.3 Å². The van der Waals surface area contributed by atoms with Crippen molar-refractivity contribution in [3.05, 3.63) is 15.6 Å². The molecule has 1 aromatic heterocycles. The van der Waals surface area contributed by atoms with E-state index >= 15 is 0 Å². The summed E-state index contributed by atoms with van der Waals surface area (Å²) in [5.74, 6) is 0. The topological polar surface area (TPSA) is 22.1 Å². The molecule has 1 heterocycles. The largest absolute Gasteiger partial charge is 0.381 e. The minimum absolute atomic E-state index is 0.795. The van der Waals surface area contributed by atoms with Crippen LogP contribution in [0.25, 0.3) is 0 Å². The molecule has 0 aliphatic heterocycles. The Bertz CT molecular complexity index is 225. The van der Waals surface area contributed by atoms with Crippen molar-refractivity contribution < 1.29 is 4.74 Å². The lowest BCUT2D eigenvalue weighted by Gasteiger charge is -1.96. The molecule has 0 aliphatic rings. The second-order valence-electron chi connectivity index (χ2n) is 2.70. The zero-order valence-electron chi connectivity index (χ0n) is 7.89. The van der Waals surface area contributed by atoms with Crippen LogP contribution in [0.3, 0.4) is 0 Å². The quantitative estimate of drug-likeness (QED) is 0.672. The molecular formula is C9H15NOS. The van der Waals surface area contributed by atoms with E-state index in [0.717, 1.165) is 25.3 Å². The number of nitrogens with zero attached hydrogens (tertiary/aromatic N) is 1. The van der Waals surface area contributed by atoms with Gasteiger partial charge in [-0.2, -0.15) is 0 Å². The first-order valence-corrected chi connectivity index (χ1v) is 5.06. The fourth-order valence-corrected chi connectivity index (χ4v) is 1.86. The van der Waals surface area contributed by atoms with Gasteiger partial charge in [0.25, 0.3) is 0 Å². The lowest BCUT2D eigenvalue weighted by atomic mass is 10.4. The minimum atomic E-state index is 0.795. The van der Waals surface area contributed by atoms with Crippen LogP contribution in [-0.2, 0) is 11.2 Å². The molecular weight excluding hydrogens is 170 g/mol. The lowest BCUT2D eigenvalue weighted by Crippen LogP contribution is -1.97. The molecule has 1 aromatic rings. The molecule has 0 unspecified atom stereocenters. The maximum absolute atomic E-state index is 5.25. The van der Waals surface area contributed by atoms with Crippen molar-refractivity contribution in [1.29, 1.82) is 0 Å². The van der Waals surface area contributed by atoms with Crippen molar-refractivity contribution >= 4 is 11.3 Å². The first kappa shape index (κ1) is 9.68. The number of hydrogen-bond donors (Lipinski definition) is 0. The van der Waals surface area contributed by atoms with E-state index in [0.29, 0.717) is 0 Å². The highest BCUT2D eigenvalue weighted by Gasteiger charge is 2.02. The Morgan fingerprint density at radius 2 is 2.17 bits per heavy atom. The predicted octanol–water partition coefficient (Wildman–Crippen LogP) is 2.34. The number of thiazole rings is 1. The molecule has 0 bridgehead atoms. The second kappa shape index (κ2) is 4.58. The normalized spacial score (nSPS) is 10.6. The van der Waals surface area contributed by atoms with Crippen LogP contribution in [0, 0.1) is 13.8 Å². The molecule has 68 valence electrons. The van der Waals surface area contributed by atoms with Crippen LogP contribution in [0.15, 0.2) is 0 Å². The van der Waals surface area contributed by atoms with E-state index in [4.69, 9.17) is 4.74 Å². The molecule has 0 fully saturated rings. The zero-order valence-corrected chi connectivity index (χ0v) is 8.70. The first-order valence-electron chi connectivity index (χ1n) is 4.24. The van der Waals surface area contributed by atoms with Crippen molar-refractivity contribution in [1.82, 2.24) is 4.98 Å². The van der Waals surface area contributed by atoms with Gasteiger partial charge < -0.3 is 4.74 Å². The van der Waals surface area contributed by atoms with Gasteiger partial charge in [-0.3, -0.25) is 0 Å². The van der Waals surface area contributed by atoms with Gasteiger partial charge in [0.2, 0.25) is 0 Å². The molecule has 0 aliphatic carbocycles. The molecule has 1 rings (SSSR count). The fourth-order valence-electron chi connectivity index (χ4n) is 0.950. The third-order valence-corrected chi connectivity index (χ3v) is 2.87. The highest BCUT2D eigenvalue weighted by Crippen LogP contribution is 2.16. The monoisotopic (exact) mass is 185 g/mol. The summed E-state index contributed by atoms with van der Waals surface area (Å²) in [5.41, 5.74) is 1.16. The van der Waals surface area contributed by atoms with Gasteiger partial charge in [0.1, 0.15) is 0 Å². The predicted molar refractivity (Wildman–Crippen MR) is 51.8 cm³/mol. The van der Waals surface area contributed by atoms with Crippen LogP contribution in [0.5, 0.6) is 0 Å². The van der Waals surface area contributed by atoms with Gasteiger partial charge in [-0.05, 0) is 20.8 Å². The van der Waals surface area contributed by atoms with Crippen LogP contribution < -0.4 is 0 Å². The molecule has 0 amide bonds. The van der Waals surface area contributed by atoms with Gasteiger partial charge in [-0.15, -0.1) is 11.3 Å². The highest BCUT2D eigenvalue weighted by atomic mass is 32.1. The summed E-state index contributed by atoms with van der Waals surface area (Å²) >= 11 is 1.77. The molecule has 12 heavy (non-hydrogen) atoms. The van der Waals surface area contributed by atoms with Crippen LogP contribution >= 0.6 is 11.3 Å². The number of aryl methyl sites for hydroxylation is 2. The molecule has 0 spiro atoms. The van der Waals surface area contributed by atoms with Crippen molar-refractivity contribution in [2.24, 2.45) is 0 Å². The third kappa shape index (κ3) is 2.57. The van der Waals surface area contributed by atoms with Crippen molar-refractivity contribution in [2.75, 3.05) is 13.2 Å². The van der Waals surface area contributed by atoms with Gasteiger partial charge in [0.05, 0.1) is 17.3 Å². The second-order valence-corrected chi connectivity index (χ2v) is 3.98. The number of rotatable bonds is 4. The van der Waals surface area contributed by atoms with E-state index < -0.39 is 0 Å². The van der Waals surface area contributed by atoms with Crippen molar-refractivity contribution in [2.45, 2.75) is 27.2 Å². The van der Waals surface area contributed by atoms with Crippen molar-refractivity contribution in [3.8, 4) is 0 Å². The summed E-state index contributed by atoms with van der Waals surface area (Å²) in [4.78, 5) is 5.74. The van der Waals surface area contributed by atoms with Crippen LogP contribution in [-0.4, -0.2) is 18.2 Å². The summed E-state index contributed by atoms with van der Waals surface area (Å²) in [5, 5.41) is 1.19. The van der Waals surface area contributed by atoms with Crippen LogP contribution in [0.1, 0.15) is 22.5 Å². The summed E-state index contributed by atoms with van der Waals surface area (Å²) < 4.78 is 5.25. The molecule has 0 atom stereocenters. The zero-order chi connectivity index (χ0) is 8.97. The first-order chi connectivity index (χ1) is 5.74. The maximum atomic E-state index is 5.25. The number of ether oxygens (including phenoxy) is 1. The van der Waals surface area contributed by atoms with Gasteiger partial charge >= 0.3 is 0 Å². The third-order valence-electron chi connectivity index (χ3n) is 1.74. The Balaban J connectivity index is 2.42. The van der Waals surface area contributed by atoms with Gasteiger partial charge in [0, 0.05) is 17.9 Å². The summed E-state index contributed by atoms with van der Waals surface area (Å²) in [6.45, 7) is 7.76. The molecule has 0 radical (unpaired) electrons. The molecule has 3 heteroatoms. The van der Waals surface area contributed by atoms with Gasteiger partial charge in [0.15, 0.2) is 0 Å². The van der Waals surface area contributed by atoms with Gasteiger partial charge in [-0.25, -0.2) is 4.98 Å². The number of hydrogen-bond acceptors (Lipinski definition) is 3. The van der Waals surface area contributed by atoms with Crippen molar-refractivity contribution in [3.63, 3.8) is 0 Å². The van der Waals surface area contributed by atoms with Gasteiger partial charge in [-0.1, -0.05) is 0 Å². The van der Waals surface area contributed by atoms with E-state index in [9.17, 15) is 0 Å². The highest BCUT2D eigenvalue weighted by molar-refractivity contribution is 7.11. The average Bonchev–Trinajstić information content (AvgIpc) is 2.32. The van der Waals surface area contributed by atoms with E-state index in [2.05, 4.69) is 18.8 Å². The van der Waals surface area contributed by atoms with E-state index in [1.165, 1.54) is 9.88 Å². The summed E-state index contributed by atoms with van der Waals surface area (Å²) in [6.07, 6.45) is 0.952. The lowest BCUT2D eigenvalue weighted by molar-refractivity contribution is 0.151. The summed E-state index contributed by atoms with van der Waals surface area (Å²) in [6, 6.07) is 0. The Morgan fingerprint density at radius 3 is 2.67 bits per heavy atom. The standard InChI is InChI=1S/C9H15NOS/c1-4-11-6-5-9-10-7(2)8(3)12-9/h4-6H2,1-3H3. The van der Waals surface area contributed by atoms with E-state index in [-0.39, 0.29) is 0 Å². The SMILES string of the molecule is CCOCCc1nc(C)c(C)s1. The van der Waals surface area contributed by atoms with Crippen LogP contribution in [0.2, 0.25) is 0 Å². The molecule has 2 nitrogen and oxygen atoms in total. The smallest absolute Gasteiger partial charge is 0.0953 e. The Hall–Kier alpha value is -0.410. The van der Waals surface area contributed by atoms with Crippen LogP contribution in [0.4, 0.5) is 0 Å². The Morgan fingerprint density at radius 1 is 1.42 bits per heavy atom.